The lowest BCUT2D eigenvalue weighted by Gasteiger charge is -2.15. The van der Waals surface area contributed by atoms with Crippen LogP contribution in [0.15, 0.2) is 11.4 Å². The summed E-state index contributed by atoms with van der Waals surface area (Å²) in [6.45, 7) is 3.48. The number of nitrogens with zero attached hydrogens (tertiary/aromatic N) is 3. The number of amides is 1. The van der Waals surface area contributed by atoms with E-state index in [0.29, 0.717) is 5.69 Å². The molecule has 0 saturated heterocycles. The SMILES string of the molecule is Cc1cc(C(F)(F)F)n(CC(C)CNC(=O)c2csc(N)n2)n1. The molecule has 23 heavy (non-hydrogen) atoms. The lowest BCUT2D eigenvalue weighted by molar-refractivity contribution is -0.144. The van der Waals surface area contributed by atoms with Crippen molar-refractivity contribution in [3.05, 3.63) is 28.5 Å². The van der Waals surface area contributed by atoms with Crippen molar-refractivity contribution in [2.75, 3.05) is 12.3 Å². The zero-order valence-electron chi connectivity index (χ0n) is 12.5. The Morgan fingerprint density at radius 3 is 2.78 bits per heavy atom. The van der Waals surface area contributed by atoms with Crippen LogP contribution in [0.2, 0.25) is 0 Å². The first-order valence-corrected chi connectivity index (χ1v) is 7.65. The number of hydrogen-bond donors (Lipinski definition) is 2. The summed E-state index contributed by atoms with van der Waals surface area (Å²) < 4.78 is 39.6. The quantitative estimate of drug-likeness (QED) is 0.869. The molecule has 10 heteroatoms. The molecule has 0 radical (unpaired) electrons. The number of anilines is 1. The summed E-state index contributed by atoms with van der Waals surface area (Å²) >= 11 is 1.14. The zero-order valence-corrected chi connectivity index (χ0v) is 13.3. The maximum absolute atomic E-state index is 12.9. The van der Waals surface area contributed by atoms with Gasteiger partial charge in [-0.1, -0.05) is 6.92 Å². The number of aryl methyl sites for hydroxylation is 1. The molecule has 0 aliphatic rings. The largest absolute Gasteiger partial charge is 0.433 e. The number of hydrogen-bond acceptors (Lipinski definition) is 5. The van der Waals surface area contributed by atoms with Crippen molar-refractivity contribution in [2.45, 2.75) is 26.6 Å². The van der Waals surface area contributed by atoms with E-state index in [1.807, 2.05) is 0 Å². The first-order chi connectivity index (χ1) is 10.7. The summed E-state index contributed by atoms with van der Waals surface area (Å²) in [4.78, 5) is 15.7. The van der Waals surface area contributed by atoms with Gasteiger partial charge in [-0.2, -0.15) is 18.3 Å². The molecule has 0 aliphatic carbocycles. The van der Waals surface area contributed by atoms with Crippen LogP contribution >= 0.6 is 11.3 Å². The Balaban J connectivity index is 1.95. The molecule has 2 aromatic rings. The maximum Gasteiger partial charge on any atom is 0.433 e. The highest BCUT2D eigenvalue weighted by atomic mass is 32.1. The molecule has 3 N–H and O–H groups in total. The summed E-state index contributed by atoms with van der Waals surface area (Å²) in [5.41, 5.74) is 5.15. The maximum atomic E-state index is 12.9. The van der Waals surface area contributed by atoms with Crippen molar-refractivity contribution in [3.63, 3.8) is 0 Å². The van der Waals surface area contributed by atoms with Crippen molar-refractivity contribution in [3.8, 4) is 0 Å². The Hall–Kier alpha value is -2.10. The van der Waals surface area contributed by atoms with Gasteiger partial charge in [-0.15, -0.1) is 11.3 Å². The summed E-state index contributed by atoms with van der Waals surface area (Å²) in [6, 6.07) is 1.00. The zero-order chi connectivity index (χ0) is 17.2. The predicted molar refractivity (Wildman–Crippen MR) is 80.0 cm³/mol. The average molecular weight is 347 g/mol. The number of rotatable bonds is 5. The number of aromatic nitrogens is 3. The van der Waals surface area contributed by atoms with Crippen molar-refractivity contribution in [2.24, 2.45) is 5.92 Å². The van der Waals surface area contributed by atoms with Gasteiger partial charge < -0.3 is 11.1 Å². The van der Waals surface area contributed by atoms with Gasteiger partial charge in [0.15, 0.2) is 5.13 Å². The fourth-order valence-electron chi connectivity index (χ4n) is 2.02. The molecule has 1 unspecified atom stereocenters. The van der Waals surface area contributed by atoms with Crippen LogP contribution in [0.5, 0.6) is 0 Å². The molecule has 0 aromatic carbocycles. The standard InChI is InChI=1S/C13H16F3N5OS/c1-7(4-18-11(22)9-6-23-12(17)19-9)5-21-10(13(14,15)16)3-8(2)20-21/h3,6-7H,4-5H2,1-2H3,(H2,17,19)(H,18,22). The Morgan fingerprint density at radius 1 is 1.52 bits per heavy atom. The molecular formula is C13H16F3N5OS. The van der Waals surface area contributed by atoms with Crippen LogP contribution in [0.3, 0.4) is 0 Å². The third-order valence-electron chi connectivity index (χ3n) is 3.04. The van der Waals surface area contributed by atoms with E-state index in [1.165, 1.54) is 12.3 Å². The summed E-state index contributed by atoms with van der Waals surface area (Å²) in [7, 11) is 0. The number of carbonyl (C=O) groups is 1. The third-order valence-corrected chi connectivity index (χ3v) is 3.72. The van der Waals surface area contributed by atoms with Gasteiger partial charge in [0.05, 0.1) is 5.69 Å². The van der Waals surface area contributed by atoms with Crippen molar-refractivity contribution in [1.82, 2.24) is 20.1 Å². The molecule has 0 aliphatic heterocycles. The van der Waals surface area contributed by atoms with Crippen LogP contribution in [-0.4, -0.2) is 27.2 Å². The molecular weight excluding hydrogens is 331 g/mol. The molecule has 0 saturated carbocycles. The topological polar surface area (TPSA) is 85.8 Å². The molecule has 1 atom stereocenters. The molecule has 2 rings (SSSR count). The lowest BCUT2D eigenvalue weighted by atomic mass is 10.2. The second kappa shape index (κ2) is 6.57. The van der Waals surface area contributed by atoms with Crippen LogP contribution in [0.4, 0.5) is 18.3 Å². The van der Waals surface area contributed by atoms with Crippen LogP contribution in [0, 0.1) is 12.8 Å². The van der Waals surface area contributed by atoms with E-state index in [9.17, 15) is 18.0 Å². The number of carbonyl (C=O) groups excluding carboxylic acids is 1. The number of alkyl halides is 3. The minimum atomic E-state index is -4.46. The second-order valence-corrected chi connectivity index (χ2v) is 6.13. The minimum Gasteiger partial charge on any atom is -0.375 e. The molecule has 1 amide bonds. The number of thiazole rings is 1. The van der Waals surface area contributed by atoms with Crippen molar-refractivity contribution in [1.29, 1.82) is 0 Å². The molecule has 6 nitrogen and oxygen atoms in total. The number of nitrogen functional groups attached to an aromatic ring is 1. The van der Waals surface area contributed by atoms with E-state index in [0.717, 1.165) is 22.1 Å². The molecule has 2 heterocycles. The summed E-state index contributed by atoms with van der Waals surface area (Å²) in [5, 5.41) is 8.29. The fourth-order valence-corrected chi connectivity index (χ4v) is 2.57. The van der Waals surface area contributed by atoms with Crippen LogP contribution in [0.25, 0.3) is 0 Å². The molecule has 0 fully saturated rings. The van der Waals surface area contributed by atoms with Crippen LogP contribution < -0.4 is 11.1 Å². The number of nitrogens with two attached hydrogens (primary N) is 1. The van der Waals surface area contributed by atoms with Gasteiger partial charge in [0.25, 0.3) is 5.91 Å². The predicted octanol–water partition coefficient (Wildman–Crippen LogP) is 2.32. The normalized spacial score (nSPS) is 13.1. The van der Waals surface area contributed by atoms with E-state index >= 15 is 0 Å². The molecule has 0 bridgehead atoms. The Bertz CT molecular complexity index is 694. The van der Waals surface area contributed by atoms with Gasteiger partial charge in [0.1, 0.15) is 11.4 Å². The first-order valence-electron chi connectivity index (χ1n) is 6.77. The van der Waals surface area contributed by atoms with Gasteiger partial charge in [-0.05, 0) is 18.9 Å². The number of nitrogens with one attached hydrogen (secondary N) is 1. The smallest absolute Gasteiger partial charge is 0.375 e. The summed E-state index contributed by atoms with van der Waals surface area (Å²) in [6.07, 6.45) is -4.46. The van der Waals surface area contributed by atoms with E-state index in [1.54, 1.807) is 6.92 Å². The molecule has 2 aromatic heterocycles. The highest BCUT2D eigenvalue weighted by Crippen LogP contribution is 2.30. The second-order valence-electron chi connectivity index (χ2n) is 5.24. The van der Waals surface area contributed by atoms with Gasteiger partial charge in [0.2, 0.25) is 0 Å². The summed E-state index contributed by atoms with van der Waals surface area (Å²) in [5.74, 6) is -0.646. The average Bonchev–Trinajstić information content (AvgIpc) is 3.02. The Morgan fingerprint density at radius 2 is 2.22 bits per heavy atom. The van der Waals surface area contributed by atoms with Gasteiger partial charge in [-0.3, -0.25) is 9.48 Å². The molecule has 0 spiro atoms. The lowest BCUT2D eigenvalue weighted by Crippen LogP contribution is -2.31. The van der Waals surface area contributed by atoms with Crippen LogP contribution in [0.1, 0.15) is 28.8 Å². The monoisotopic (exact) mass is 347 g/mol. The first kappa shape index (κ1) is 17.3. The Kier molecular flexibility index (Phi) is 4.93. The van der Waals surface area contributed by atoms with E-state index < -0.39 is 17.8 Å². The van der Waals surface area contributed by atoms with Crippen molar-refractivity contribution < 1.29 is 18.0 Å². The highest BCUT2D eigenvalue weighted by Gasteiger charge is 2.35. The Labute approximate surface area is 134 Å². The van der Waals surface area contributed by atoms with E-state index in [4.69, 9.17) is 5.73 Å². The van der Waals surface area contributed by atoms with Gasteiger partial charge in [-0.25, -0.2) is 4.98 Å². The van der Waals surface area contributed by atoms with E-state index in [2.05, 4.69) is 15.4 Å². The third kappa shape index (κ3) is 4.44. The molecule has 126 valence electrons. The fraction of sp³-hybridized carbons (Fsp3) is 0.462. The minimum absolute atomic E-state index is 0.0438. The van der Waals surface area contributed by atoms with E-state index in [-0.39, 0.29) is 29.8 Å². The van der Waals surface area contributed by atoms with Crippen LogP contribution in [-0.2, 0) is 12.7 Å². The van der Waals surface area contributed by atoms with Crippen molar-refractivity contribution >= 4 is 22.4 Å². The van der Waals surface area contributed by atoms with Gasteiger partial charge >= 0.3 is 6.18 Å². The number of halogens is 3. The van der Waals surface area contributed by atoms with Gasteiger partial charge in [0, 0.05) is 18.5 Å². The highest BCUT2D eigenvalue weighted by molar-refractivity contribution is 7.13.